The Morgan fingerprint density at radius 1 is 0.935 bits per heavy atom. The van der Waals surface area contributed by atoms with Crippen LogP contribution in [0, 0.1) is 5.41 Å². The van der Waals surface area contributed by atoms with Crippen molar-refractivity contribution in [3.8, 4) is 0 Å². The highest BCUT2D eigenvalue weighted by Crippen LogP contribution is 2.24. The predicted molar refractivity (Wildman–Crippen MR) is 114 cm³/mol. The number of benzene rings is 1. The highest BCUT2D eigenvalue weighted by molar-refractivity contribution is 7.96. The highest BCUT2D eigenvalue weighted by atomic mass is 32.3. The van der Waals surface area contributed by atoms with E-state index in [-0.39, 0.29) is 17.1 Å². The molecule has 1 aromatic carbocycles. The number of hydrogen-bond donors (Lipinski definition) is 7. The van der Waals surface area contributed by atoms with E-state index >= 15 is 0 Å². The van der Waals surface area contributed by atoms with Crippen LogP contribution in [-0.2, 0) is 19.5 Å². The Hall–Kier alpha value is -3.75. The molecule has 0 saturated heterocycles. The Balaban J connectivity index is 2.05. The van der Waals surface area contributed by atoms with Crippen LogP contribution < -0.4 is 11.5 Å². The quantitative estimate of drug-likeness (QED) is 0.116. The maximum atomic E-state index is 12.3. The summed E-state index contributed by atoms with van der Waals surface area (Å²) < 4.78 is 30.2. The van der Waals surface area contributed by atoms with Gasteiger partial charge in [0.05, 0.1) is 11.4 Å². The molecule has 9 N–H and O–H groups in total. The Morgan fingerprint density at radius 2 is 1.55 bits per heavy atom. The Morgan fingerprint density at radius 3 is 2.13 bits per heavy atom. The van der Waals surface area contributed by atoms with E-state index in [0.29, 0.717) is 22.9 Å². The van der Waals surface area contributed by atoms with Crippen molar-refractivity contribution in [2.45, 2.75) is 0 Å². The van der Waals surface area contributed by atoms with Crippen LogP contribution in [0.15, 0.2) is 75.1 Å². The molecule has 0 aromatic heterocycles. The van der Waals surface area contributed by atoms with Gasteiger partial charge in [0.15, 0.2) is 0 Å². The normalized spacial score (nSPS) is 19.7. The smallest absolute Gasteiger partial charge is 0.386 e. The molecule has 0 aliphatic heterocycles. The van der Waals surface area contributed by atoms with Crippen molar-refractivity contribution in [1.29, 1.82) is 5.41 Å². The largest absolute Gasteiger partial charge is 0.399 e. The third-order valence-corrected chi connectivity index (χ3v) is 5.05. The maximum Gasteiger partial charge on any atom is 0.386 e. The van der Waals surface area contributed by atoms with Gasteiger partial charge >= 0.3 is 10.5 Å². The number of rotatable bonds is 4. The van der Waals surface area contributed by atoms with Gasteiger partial charge in [-0.05, 0) is 34.1 Å². The Bertz CT molecular complexity index is 1200. The van der Waals surface area contributed by atoms with Crippen LogP contribution in [0.25, 0.3) is 5.57 Å². The van der Waals surface area contributed by atoms with Gasteiger partial charge in [-0.3, -0.25) is 15.2 Å². The SMILES string of the molecule is N=C1C=C(N)C(=NN=C2C=C([S+](=O)(O)O)C=C(N(O)O)C2=O)C=C1c1ccc(N)cc1. The molecule has 1 aromatic rings. The van der Waals surface area contributed by atoms with E-state index in [1.54, 1.807) is 24.3 Å². The number of anilines is 1. The number of carbonyl (C=O) groups excluding carboxylic acids is 1. The summed E-state index contributed by atoms with van der Waals surface area (Å²) in [5.74, 6) is -1.05. The number of carbonyl (C=O) groups is 1. The maximum absolute atomic E-state index is 12.3. The predicted octanol–water partition coefficient (Wildman–Crippen LogP) is 1.20. The molecule has 0 atom stereocenters. The Kier molecular flexibility index (Phi) is 5.79. The van der Waals surface area contributed by atoms with Crippen molar-refractivity contribution >= 4 is 44.7 Å². The topological polar surface area (TPSA) is 219 Å². The molecule has 0 bridgehead atoms. The molecular weight excluding hydrogens is 428 g/mol. The number of allylic oxidation sites excluding steroid dienone is 6. The lowest BCUT2D eigenvalue weighted by Gasteiger charge is -2.15. The van der Waals surface area contributed by atoms with Gasteiger partial charge in [-0.25, -0.2) is 0 Å². The lowest BCUT2D eigenvalue weighted by Crippen LogP contribution is -2.30. The number of nitrogen functional groups attached to an aromatic ring is 1. The van der Waals surface area contributed by atoms with Gasteiger partial charge in [-0.2, -0.15) is 9.11 Å². The van der Waals surface area contributed by atoms with Gasteiger partial charge in [0, 0.05) is 23.4 Å². The number of hydroxylamine groups is 2. The molecule has 31 heavy (non-hydrogen) atoms. The number of nitrogens with two attached hydrogens (primary N) is 2. The van der Waals surface area contributed by atoms with E-state index in [1.165, 1.54) is 12.2 Å². The minimum atomic E-state index is -4.54. The fraction of sp³-hybridized carbons (Fsp3) is 0. The van der Waals surface area contributed by atoms with E-state index in [4.69, 9.17) is 16.9 Å². The van der Waals surface area contributed by atoms with Gasteiger partial charge in [0.2, 0.25) is 10.7 Å². The summed E-state index contributed by atoms with van der Waals surface area (Å²) in [7, 11) is -4.54. The first-order valence-electron chi connectivity index (χ1n) is 8.42. The minimum Gasteiger partial charge on any atom is -0.399 e. The third-order valence-electron chi connectivity index (χ3n) is 4.20. The van der Waals surface area contributed by atoms with E-state index in [9.17, 15) is 28.5 Å². The highest BCUT2D eigenvalue weighted by Gasteiger charge is 2.36. The molecule has 13 heteroatoms. The summed E-state index contributed by atoms with van der Waals surface area (Å²) >= 11 is 0. The van der Waals surface area contributed by atoms with Gasteiger partial charge in [0.1, 0.15) is 17.1 Å². The molecular formula is C18H17N6O6S+. The first kappa shape index (κ1) is 21.9. The summed E-state index contributed by atoms with van der Waals surface area (Å²) in [5, 5.41) is 33.4. The summed E-state index contributed by atoms with van der Waals surface area (Å²) in [4.78, 5) is 11.6. The van der Waals surface area contributed by atoms with Crippen LogP contribution in [0.2, 0.25) is 0 Å². The standard InChI is InChI=1S/C18H16N6O6S/c19-10-3-1-9(2-4-10)12-7-15(14(21)8-13(12)20)22-23-16-5-11(31(28,29)30)6-17(18(16)25)24(26)27/h1-8,26-27H,(H6-,19,20,21,22,25,28,29,30)/p+1. The molecule has 0 saturated carbocycles. The first-order valence-corrected chi connectivity index (χ1v) is 9.89. The van der Waals surface area contributed by atoms with Crippen molar-refractivity contribution in [3.05, 3.63) is 70.4 Å². The second-order valence-electron chi connectivity index (χ2n) is 6.36. The molecule has 0 unspecified atom stereocenters. The first-order chi connectivity index (χ1) is 14.5. The van der Waals surface area contributed by atoms with Gasteiger partial charge in [0.25, 0.3) is 0 Å². The van der Waals surface area contributed by atoms with Crippen molar-refractivity contribution < 1.29 is 28.5 Å². The molecule has 2 aliphatic carbocycles. The van der Waals surface area contributed by atoms with Crippen LogP contribution in [0.1, 0.15) is 5.56 Å². The van der Waals surface area contributed by atoms with Crippen LogP contribution in [0.5, 0.6) is 0 Å². The van der Waals surface area contributed by atoms with E-state index < -0.39 is 37.8 Å². The fourth-order valence-electron chi connectivity index (χ4n) is 2.65. The van der Waals surface area contributed by atoms with Crippen molar-refractivity contribution in [2.24, 2.45) is 15.9 Å². The third kappa shape index (κ3) is 4.71. The summed E-state index contributed by atoms with van der Waals surface area (Å²) in [6.07, 6.45) is 4.17. The van der Waals surface area contributed by atoms with E-state index in [0.717, 1.165) is 6.08 Å². The van der Waals surface area contributed by atoms with Crippen LogP contribution >= 0.6 is 0 Å². The number of ketones is 1. The number of hydrogen-bond acceptors (Lipinski definition) is 10. The molecule has 12 nitrogen and oxygen atoms in total. The lowest BCUT2D eigenvalue weighted by atomic mass is 9.94. The molecule has 160 valence electrons. The summed E-state index contributed by atoms with van der Waals surface area (Å²) in [5.41, 5.74) is 12.0. The molecule has 0 radical (unpaired) electrons. The molecule has 0 fully saturated rings. The fourth-order valence-corrected chi connectivity index (χ4v) is 3.18. The van der Waals surface area contributed by atoms with Crippen LogP contribution in [0.4, 0.5) is 5.69 Å². The molecule has 2 aliphatic rings. The molecule has 0 heterocycles. The molecule has 0 amide bonds. The number of nitrogens with zero attached hydrogens (tertiary/aromatic N) is 3. The number of Topliss-reactive ketones (excluding diaryl/α,β-unsaturated/α-hetero) is 1. The average Bonchev–Trinajstić information content (AvgIpc) is 2.68. The van der Waals surface area contributed by atoms with Crippen LogP contribution in [0.3, 0.4) is 0 Å². The monoisotopic (exact) mass is 445 g/mol. The van der Waals surface area contributed by atoms with Crippen molar-refractivity contribution in [1.82, 2.24) is 5.23 Å². The van der Waals surface area contributed by atoms with E-state index in [1.807, 2.05) is 0 Å². The second kappa shape index (κ2) is 8.17. The zero-order valence-electron chi connectivity index (χ0n) is 15.6. The van der Waals surface area contributed by atoms with Crippen LogP contribution in [-0.4, -0.2) is 47.7 Å². The average molecular weight is 445 g/mol. The van der Waals surface area contributed by atoms with Crippen molar-refractivity contribution in [2.75, 3.05) is 5.73 Å². The van der Waals surface area contributed by atoms with Gasteiger partial charge < -0.3 is 16.9 Å². The van der Waals surface area contributed by atoms with E-state index in [2.05, 4.69) is 10.2 Å². The lowest BCUT2D eigenvalue weighted by molar-refractivity contribution is -0.276. The van der Waals surface area contributed by atoms with Gasteiger partial charge in [-0.15, -0.1) is 15.4 Å². The molecule has 3 rings (SSSR count). The van der Waals surface area contributed by atoms with Gasteiger partial charge in [-0.1, -0.05) is 12.1 Å². The number of nitrogens with one attached hydrogen (secondary N) is 1. The molecule has 0 spiro atoms. The zero-order chi connectivity index (χ0) is 22.9. The second-order valence-corrected chi connectivity index (χ2v) is 7.82. The Labute approximate surface area is 176 Å². The minimum absolute atomic E-state index is 0.0656. The zero-order valence-corrected chi connectivity index (χ0v) is 16.4. The summed E-state index contributed by atoms with van der Waals surface area (Å²) in [6.45, 7) is 0. The van der Waals surface area contributed by atoms with Crippen molar-refractivity contribution in [3.63, 3.8) is 0 Å². The summed E-state index contributed by atoms with van der Waals surface area (Å²) in [6, 6.07) is 6.70.